The van der Waals surface area contributed by atoms with Gasteiger partial charge in [-0.15, -0.1) is 0 Å². The molecule has 25 heavy (non-hydrogen) atoms. The first-order valence-corrected chi connectivity index (χ1v) is 7.55. The molecule has 0 aliphatic carbocycles. The Bertz CT molecular complexity index is 634. The molecule has 0 aliphatic rings. The van der Waals surface area contributed by atoms with Gasteiger partial charge in [-0.3, -0.25) is 19.2 Å². The molecule has 0 saturated carbocycles. The highest BCUT2D eigenvalue weighted by Crippen LogP contribution is 2.03. The molecule has 0 heterocycles. The number of aliphatic carboxylic acids is 2. The minimum atomic E-state index is -1.42. The molecule has 0 saturated heterocycles. The molecule has 1 rings (SSSR count). The van der Waals surface area contributed by atoms with Crippen LogP contribution in [-0.4, -0.2) is 52.1 Å². The molecule has 9 nitrogen and oxygen atoms in total. The fraction of sp³-hybridized carbons (Fsp3) is 0.375. The molecular weight excluding hydrogens is 330 g/mol. The summed E-state index contributed by atoms with van der Waals surface area (Å²) in [5.74, 6) is -4.21. The van der Waals surface area contributed by atoms with Crippen LogP contribution in [0.4, 0.5) is 0 Å². The molecule has 2 amide bonds. The van der Waals surface area contributed by atoms with Gasteiger partial charge in [0, 0.05) is 0 Å². The van der Waals surface area contributed by atoms with Gasteiger partial charge in [-0.05, 0) is 18.9 Å². The van der Waals surface area contributed by atoms with E-state index in [1.807, 2.05) is 6.07 Å². The molecule has 3 atom stereocenters. The number of carboxylic acid groups (broad SMARTS) is 2. The molecule has 1 aromatic carbocycles. The smallest absolute Gasteiger partial charge is 0.325 e. The van der Waals surface area contributed by atoms with Crippen LogP contribution in [0, 0.1) is 0 Å². The lowest BCUT2D eigenvalue weighted by molar-refractivity contribution is -0.143. The molecular formula is C16H21N3O6. The number of rotatable bonds is 9. The van der Waals surface area contributed by atoms with Crippen molar-refractivity contribution in [2.45, 2.75) is 37.9 Å². The minimum absolute atomic E-state index is 0.208. The normalized spacial score (nSPS) is 14.0. The Labute approximate surface area is 144 Å². The van der Waals surface area contributed by atoms with Crippen LogP contribution in [0.1, 0.15) is 18.9 Å². The molecule has 3 unspecified atom stereocenters. The van der Waals surface area contributed by atoms with Crippen molar-refractivity contribution in [2.24, 2.45) is 5.73 Å². The summed E-state index contributed by atoms with van der Waals surface area (Å²) in [7, 11) is 0. The maximum atomic E-state index is 12.1. The van der Waals surface area contributed by atoms with E-state index in [1.165, 1.54) is 6.92 Å². The van der Waals surface area contributed by atoms with Crippen molar-refractivity contribution < 1.29 is 29.4 Å². The summed E-state index contributed by atoms with van der Waals surface area (Å²) >= 11 is 0. The zero-order valence-electron chi connectivity index (χ0n) is 13.6. The van der Waals surface area contributed by atoms with E-state index in [9.17, 15) is 19.2 Å². The largest absolute Gasteiger partial charge is 0.481 e. The topological polar surface area (TPSA) is 159 Å². The van der Waals surface area contributed by atoms with E-state index in [4.69, 9.17) is 15.9 Å². The third-order valence-corrected chi connectivity index (χ3v) is 3.38. The van der Waals surface area contributed by atoms with Crippen molar-refractivity contribution >= 4 is 23.8 Å². The quantitative estimate of drug-likeness (QED) is 0.386. The highest BCUT2D eigenvalue weighted by atomic mass is 16.4. The van der Waals surface area contributed by atoms with E-state index >= 15 is 0 Å². The second-order valence-electron chi connectivity index (χ2n) is 5.52. The number of amides is 2. The third-order valence-electron chi connectivity index (χ3n) is 3.38. The van der Waals surface area contributed by atoms with Crippen molar-refractivity contribution in [3.8, 4) is 0 Å². The molecule has 1 aromatic rings. The average Bonchev–Trinajstić information content (AvgIpc) is 2.54. The van der Waals surface area contributed by atoms with Gasteiger partial charge in [0.25, 0.3) is 0 Å². The monoisotopic (exact) mass is 351 g/mol. The molecule has 0 bridgehead atoms. The van der Waals surface area contributed by atoms with Gasteiger partial charge in [0.1, 0.15) is 12.1 Å². The standard InChI is InChI=1S/C16H21N3O6/c1-9(16(24)25)18-15(23)12(8-13(20)21)19-14(22)11(17)7-10-5-3-2-4-6-10/h2-6,9,11-12H,7-8,17H2,1H3,(H,18,23)(H,19,22)(H,20,21)(H,24,25). The van der Waals surface area contributed by atoms with Crippen molar-refractivity contribution in [1.29, 1.82) is 0 Å². The van der Waals surface area contributed by atoms with E-state index in [0.717, 1.165) is 5.56 Å². The molecule has 0 fully saturated rings. The Morgan fingerprint density at radius 2 is 1.64 bits per heavy atom. The Hall–Kier alpha value is -2.94. The summed E-state index contributed by atoms with van der Waals surface area (Å²) in [4.78, 5) is 45.8. The fourth-order valence-corrected chi connectivity index (χ4v) is 2.00. The highest BCUT2D eigenvalue weighted by molar-refractivity contribution is 5.93. The lowest BCUT2D eigenvalue weighted by Gasteiger charge is -2.20. The summed E-state index contributed by atoms with van der Waals surface area (Å²) in [5.41, 5.74) is 6.60. The van der Waals surface area contributed by atoms with Crippen LogP contribution >= 0.6 is 0 Å². The van der Waals surface area contributed by atoms with Crippen LogP contribution in [0.5, 0.6) is 0 Å². The number of carboxylic acids is 2. The summed E-state index contributed by atoms with van der Waals surface area (Å²) in [6.07, 6.45) is -0.485. The maximum absolute atomic E-state index is 12.1. The molecule has 136 valence electrons. The molecule has 0 radical (unpaired) electrons. The Morgan fingerprint density at radius 3 is 2.16 bits per heavy atom. The number of nitrogens with one attached hydrogen (secondary N) is 2. The van der Waals surface area contributed by atoms with Crippen LogP contribution < -0.4 is 16.4 Å². The van der Waals surface area contributed by atoms with Crippen LogP contribution in [-0.2, 0) is 25.6 Å². The number of carbonyl (C=O) groups excluding carboxylic acids is 2. The minimum Gasteiger partial charge on any atom is -0.481 e. The molecule has 9 heteroatoms. The van der Waals surface area contributed by atoms with Gasteiger partial charge in [0.15, 0.2) is 0 Å². The molecule has 0 aliphatic heterocycles. The van der Waals surface area contributed by atoms with Crippen molar-refractivity contribution in [3.63, 3.8) is 0 Å². The van der Waals surface area contributed by atoms with Crippen molar-refractivity contribution in [3.05, 3.63) is 35.9 Å². The van der Waals surface area contributed by atoms with Gasteiger partial charge in [0.05, 0.1) is 12.5 Å². The first-order valence-electron chi connectivity index (χ1n) is 7.55. The van der Waals surface area contributed by atoms with Gasteiger partial charge in [-0.2, -0.15) is 0 Å². The van der Waals surface area contributed by atoms with E-state index in [2.05, 4.69) is 10.6 Å². The van der Waals surface area contributed by atoms with E-state index in [0.29, 0.717) is 0 Å². The Morgan fingerprint density at radius 1 is 1.04 bits per heavy atom. The Balaban J connectivity index is 2.72. The number of hydrogen-bond acceptors (Lipinski definition) is 5. The molecule has 0 spiro atoms. The number of hydrogen-bond donors (Lipinski definition) is 5. The van der Waals surface area contributed by atoms with E-state index < -0.39 is 48.3 Å². The van der Waals surface area contributed by atoms with E-state index in [1.54, 1.807) is 24.3 Å². The fourth-order valence-electron chi connectivity index (χ4n) is 2.00. The van der Waals surface area contributed by atoms with Crippen LogP contribution in [0.3, 0.4) is 0 Å². The van der Waals surface area contributed by atoms with E-state index in [-0.39, 0.29) is 6.42 Å². The summed E-state index contributed by atoms with van der Waals surface area (Å²) in [6.45, 7) is 1.22. The van der Waals surface area contributed by atoms with Gasteiger partial charge >= 0.3 is 11.9 Å². The lowest BCUT2D eigenvalue weighted by Crippen LogP contribution is -2.54. The first kappa shape index (κ1) is 20.1. The van der Waals surface area contributed by atoms with Crippen molar-refractivity contribution in [1.82, 2.24) is 10.6 Å². The second-order valence-corrected chi connectivity index (χ2v) is 5.52. The predicted molar refractivity (Wildman–Crippen MR) is 87.5 cm³/mol. The zero-order chi connectivity index (χ0) is 19.0. The predicted octanol–water partition coefficient (Wildman–Crippen LogP) is -0.895. The summed E-state index contributed by atoms with van der Waals surface area (Å²) < 4.78 is 0. The lowest BCUT2D eigenvalue weighted by atomic mass is 10.1. The van der Waals surface area contributed by atoms with Crippen LogP contribution in [0.15, 0.2) is 30.3 Å². The summed E-state index contributed by atoms with van der Waals surface area (Å²) in [5, 5.41) is 22.1. The zero-order valence-corrected chi connectivity index (χ0v) is 13.6. The van der Waals surface area contributed by atoms with Gasteiger partial charge in [-0.1, -0.05) is 30.3 Å². The van der Waals surface area contributed by atoms with Crippen molar-refractivity contribution in [2.75, 3.05) is 0 Å². The second kappa shape index (κ2) is 9.38. The molecule has 0 aromatic heterocycles. The molecule has 6 N–H and O–H groups in total. The average molecular weight is 351 g/mol. The van der Waals surface area contributed by atoms with Crippen LogP contribution in [0.25, 0.3) is 0 Å². The van der Waals surface area contributed by atoms with Crippen LogP contribution in [0.2, 0.25) is 0 Å². The third kappa shape index (κ3) is 7.00. The van der Waals surface area contributed by atoms with Gasteiger partial charge < -0.3 is 26.6 Å². The summed E-state index contributed by atoms with van der Waals surface area (Å²) in [6, 6.07) is 5.32. The highest BCUT2D eigenvalue weighted by Gasteiger charge is 2.28. The SMILES string of the molecule is CC(NC(=O)C(CC(=O)O)NC(=O)C(N)Cc1ccccc1)C(=O)O. The number of carbonyl (C=O) groups is 4. The maximum Gasteiger partial charge on any atom is 0.325 e. The number of nitrogens with two attached hydrogens (primary N) is 1. The number of benzene rings is 1. The van der Waals surface area contributed by atoms with Gasteiger partial charge in [-0.25, -0.2) is 0 Å². The van der Waals surface area contributed by atoms with Gasteiger partial charge in [0.2, 0.25) is 11.8 Å². The first-order chi connectivity index (χ1) is 11.7. The Kier molecular flexibility index (Phi) is 7.54.